The van der Waals surface area contributed by atoms with E-state index < -0.39 is 0 Å². The van der Waals surface area contributed by atoms with Crippen LogP contribution in [0, 0.1) is 0 Å². The summed E-state index contributed by atoms with van der Waals surface area (Å²) in [5, 5.41) is 3.96. The number of benzene rings is 1. The Labute approximate surface area is 105 Å². The first-order valence-corrected chi connectivity index (χ1v) is 5.63. The molecule has 5 heteroatoms. The van der Waals surface area contributed by atoms with Crippen LogP contribution in [0.15, 0.2) is 18.2 Å². The molecule has 0 aliphatic heterocycles. The van der Waals surface area contributed by atoms with E-state index >= 15 is 0 Å². The van der Waals surface area contributed by atoms with Crippen LogP contribution >= 0.6 is 23.2 Å². The Kier molecular flexibility index (Phi) is 4.90. The first-order chi connectivity index (χ1) is 7.58. The Balaban J connectivity index is 2.78. The Morgan fingerprint density at radius 3 is 2.62 bits per heavy atom. The molecule has 0 saturated heterocycles. The third-order valence-corrected chi connectivity index (χ3v) is 2.89. The van der Waals surface area contributed by atoms with E-state index in [1.807, 2.05) is 6.92 Å². The lowest BCUT2D eigenvalue weighted by Gasteiger charge is -2.16. The van der Waals surface area contributed by atoms with Gasteiger partial charge in [0, 0.05) is 5.69 Å². The van der Waals surface area contributed by atoms with Gasteiger partial charge in [0.1, 0.15) is 6.04 Å². The Morgan fingerprint density at radius 1 is 1.44 bits per heavy atom. The van der Waals surface area contributed by atoms with Gasteiger partial charge in [0.25, 0.3) is 0 Å². The molecule has 0 saturated carbocycles. The fourth-order valence-corrected chi connectivity index (χ4v) is 1.56. The van der Waals surface area contributed by atoms with E-state index in [0.717, 1.165) is 5.69 Å². The van der Waals surface area contributed by atoms with Crippen molar-refractivity contribution in [1.82, 2.24) is 0 Å². The molecule has 1 aromatic rings. The van der Waals surface area contributed by atoms with Crippen LogP contribution in [0.3, 0.4) is 0 Å². The second-order valence-electron chi connectivity index (χ2n) is 3.26. The quantitative estimate of drug-likeness (QED) is 0.845. The van der Waals surface area contributed by atoms with Crippen LogP contribution in [0.2, 0.25) is 10.0 Å². The smallest absolute Gasteiger partial charge is 0.328 e. The van der Waals surface area contributed by atoms with Gasteiger partial charge in [0.15, 0.2) is 0 Å². The monoisotopic (exact) mass is 261 g/mol. The van der Waals surface area contributed by atoms with Gasteiger partial charge in [-0.2, -0.15) is 0 Å². The third kappa shape index (κ3) is 3.29. The number of rotatable bonds is 4. The molecule has 0 spiro atoms. The maximum Gasteiger partial charge on any atom is 0.328 e. The summed E-state index contributed by atoms with van der Waals surface area (Å²) in [6.07, 6.45) is 0.632. The van der Waals surface area contributed by atoms with Crippen LogP contribution in [0.4, 0.5) is 5.69 Å². The fraction of sp³-hybridized carbons (Fsp3) is 0.364. The summed E-state index contributed by atoms with van der Waals surface area (Å²) in [5.74, 6) is -0.298. The van der Waals surface area contributed by atoms with Crippen molar-refractivity contribution in [3.05, 3.63) is 28.2 Å². The number of anilines is 1. The second kappa shape index (κ2) is 5.97. The number of carbonyl (C=O) groups excluding carboxylic acids is 1. The van der Waals surface area contributed by atoms with Crippen molar-refractivity contribution in [3.63, 3.8) is 0 Å². The number of ether oxygens (including phenoxy) is 1. The molecule has 16 heavy (non-hydrogen) atoms. The van der Waals surface area contributed by atoms with E-state index in [1.54, 1.807) is 18.2 Å². The Bertz CT molecular complexity index is 382. The van der Waals surface area contributed by atoms with Crippen LogP contribution in [-0.4, -0.2) is 19.1 Å². The van der Waals surface area contributed by atoms with Gasteiger partial charge >= 0.3 is 5.97 Å². The fourth-order valence-electron chi connectivity index (χ4n) is 1.26. The maximum atomic E-state index is 11.4. The summed E-state index contributed by atoms with van der Waals surface area (Å²) in [7, 11) is 1.36. The van der Waals surface area contributed by atoms with Crippen molar-refractivity contribution in [2.45, 2.75) is 19.4 Å². The van der Waals surface area contributed by atoms with Crippen LogP contribution in [-0.2, 0) is 9.53 Å². The molecule has 1 aromatic carbocycles. The van der Waals surface area contributed by atoms with Crippen molar-refractivity contribution in [1.29, 1.82) is 0 Å². The summed E-state index contributed by atoms with van der Waals surface area (Å²) in [6.45, 7) is 1.89. The molecule has 1 N–H and O–H groups in total. The molecule has 0 heterocycles. The van der Waals surface area contributed by atoms with E-state index in [1.165, 1.54) is 7.11 Å². The van der Waals surface area contributed by atoms with Crippen molar-refractivity contribution < 1.29 is 9.53 Å². The van der Waals surface area contributed by atoms with E-state index in [-0.39, 0.29) is 12.0 Å². The molecule has 1 atom stereocenters. The van der Waals surface area contributed by atoms with Crippen LogP contribution in [0.5, 0.6) is 0 Å². The highest BCUT2D eigenvalue weighted by molar-refractivity contribution is 6.42. The van der Waals surface area contributed by atoms with E-state index in [4.69, 9.17) is 23.2 Å². The molecular weight excluding hydrogens is 249 g/mol. The first kappa shape index (κ1) is 13.1. The summed E-state index contributed by atoms with van der Waals surface area (Å²) in [4.78, 5) is 11.4. The van der Waals surface area contributed by atoms with E-state index in [2.05, 4.69) is 10.1 Å². The summed E-state index contributed by atoms with van der Waals surface area (Å²) in [5.41, 5.74) is 0.742. The molecule has 1 unspecified atom stereocenters. The molecule has 1 rings (SSSR count). The molecule has 0 fully saturated rings. The van der Waals surface area contributed by atoms with E-state index in [0.29, 0.717) is 16.5 Å². The Hall–Kier alpha value is -0.930. The summed E-state index contributed by atoms with van der Waals surface area (Å²) >= 11 is 11.7. The van der Waals surface area contributed by atoms with Crippen molar-refractivity contribution >= 4 is 34.9 Å². The highest BCUT2D eigenvalue weighted by Gasteiger charge is 2.16. The van der Waals surface area contributed by atoms with Gasteiger partial charge in [-0.05, 0) is 24.6 Å². The van der Waals surface area contributed by atoms with Gasteiger partial charge in [0.2, 0.25) is 0 Å². The van der Waals surface area contributed by atoms with E-state index in [9.17, 15) is 4.79 Å². The van der Waals surface area contributed by atoms with Crippen LogP contribution in [0.25, 0.3) is 0 Å². The lowest BCUT2D eigenvalue weighted by Crippen LogP contribution is -2.29. The van der Waals surface area contributed by atoms with Crippen LogP contribution in [0.1, 0.15) is 13.3 Å². The molecular formula is C11H13Cl2NO2. The van der Waals surface area contributed by atoms with Gasteiger partial charge in [-0.1, -0.05) is 30.1 Å². The second-order valence-corrected chi connectivity index (χ2v) is 4.07. The summed E-state index contributed by atoms with van der Waals surface area (Å²) < 4.78 is 4.67. The van der Waals surface area contributed by atoms with Crippen molar-refractivity contribution in [2.24, 2.45) is 0 Å². The lowest BCUT2D eigenvalue weighted by atomic mass is 10.2. The largest absolute Gasteiger partial charge is 0.467 e. The predicted molar refractivity (Wildman–Crippen MR) is 66.2 cm³/mol. The van der Waals surface area contributed by atoms with Gasteiger partial charge in [-0.3, -0.25) is 0 Å². The zero-order valence-corrected chi connectivity index (χ0v) is 10.6. The average molecular weight is 262 g/mol. The van der Waals surface area contributed by atoms with Gasteiger partial charge < -0.3 is 10.1 Å². The number of methoxy groups -OCH3 is 1. The third-order valence-electron chi connectivity index (χ3n) is 2.15. The average Bonchev–Trinajstić information content (AvgIpc) is 2.29. The molecule has 0 bridgehead atoms. The molecule has 88 valence electrons. The highest BCUT2D eigenvalue weighted by Crippen LogP contribution is 2.25. The molecule has 3 nitrogen and oxygen atoms in total. The zero-order valence-electron chi connectivity index (χ0n) is 9.09. The molecule has 0 amide bonds. The molecule has 0 radical (unpaired) electrons. The summed E-state index contributed by atoms with van der Waals surface area (Å²) in [6, 6.07) is 4.74. The van der Waals surface area contributed by atoms with Crippen LogP contribution < -0.4 is 5.32 Å². The maximum absolute atomic E-state index is 11.4. The molecule has 0 aliphatic rings. The van der Waals surface area contributed by atoms with Gasteiger partial charge in [0.05, 0.1) is 17.2 Å². The topological polar surface area (TPSA) is 38.3 Å². The van der Waals surface area contributed by atoms with Crippen molar-refractivity contribution in [3.8, 4) is 0 Å². The number of hydrogen-bond donors (Lipinski definition) is 1. The number of nitrogens with one attached hydrogen (secondary N) is 1. The predicted octanol–water partition coefficient (Wildman–Crippen LogP) is 3.36. The minimum absolute atomic E-state index is 0.298. The molecule has 0 aromatic heterocycles. The minimum atomic E-state index is -0.373. The number of hydrogen-bond acceptors (Lipinski definition) is 3. The standard InChI is InChI=1S/C11H13Cl2NO2/c1-3-10(11(15)16-2)14-7-4-5-8(12)9(13)6-7/h4-6,10,14H,3H2,1-2H3. The number of halogens is 2. The van der Waals surface area contributed by atoms with Crippen molar-refractivity contribution in [2.75, 3.05) is 12.4 Å². The Morgan fingerprint density at radius 2 is 2.12 bits per heavy atom. The zero-order chi connectivity index (χ0) is 12.1. The number of carbonyl (C=O) groups is 1. The lowest BCUT2D eigenvalue weighted by molar-refractivity contribution is -0.141. The highest BCUT2D eigenvalue weighted by atomic mass is 35.5. The normalized spacial score (nSPS) is 12.0. The SMILES string of the molecule is CCC(Nc1ccc(Cl)c(Cl)c1)C(=O)OC. The molecule has 0 aliphatic carbocycles. The van der Waals surface area contributed by atoms with Gasteiger partial charge in [-0.15, -0.1) is 0 Å². The van der Waals surface area contributed by atoms with Gasteiger partial charge in [-0.25, -0.2) is 4.79 Å². The minimum Gasteiger partial charge on any atom is -0.467 e. The first-order valence-electron chi connectivity index (χ1n) is 4.88. The number of esters is 1.